The second kappa shape index (κ2) is 11.2. The molecule has 0 radical (unpaired) electrons. The molecular formula is C9H21ISe. The van der Waals surface area contributed by atoms with Crippen LogP contribution in [0.15, 0.2) is 0 Å². The molecule has 11 heavy (non-hydrogen) atoms. The van der Waals surface area contributed by atoms with Gasteiger partial charge in [-0.1, -0.05) is 0 Å². The van der Waals surface area contributed by atoms with Gasteiger partial charge in [-0.05, 0) is 0 Å². The van der Waals surface area contributed by atoms with E-state index in [0.717, 1.165) is 0 Å². The van der Waals surface area contributed by atoms with Gasteiger partial charge in [0.2, 0.25) is 0 Å². The van der Waals surface area contributed by atoms with Gasteiger partial charge in [0.25, 0.3) is 0 Å². The van der Waals surface area contributed by atoms with Crippen LogP contribution < -0.4 is 24.0 Å². The average molecular weight is 335 g/mol. The van der Waals surface area contributed by atoms with Crippen molar-refractivity contribution in [2.75, 3.05) is 0 Å². The summed E-state index contributed by atoms with van der Waals surface area (Å²) < 4.78 is 0. The van der Waals surface area contributed by atoms with Crippen LogP contribution in [0.25, 0.3) is 0 Å². The Bertz CT molecular complexity index is 58.6. The van der Waals surface area contributed by atoms with E-state index in [1.807, 2.05) is 0 Å². The summed E-state index contributed by atoms with van der Waals surface area (Å²) >= 11 is -0.116. The zero-order valence-electron chi connectivity index (χ0n) is 8.03. The van der Waals surface area contributed by atoms with Crippen molar-refractivity contribution >= 4 is 13.9 Å². The number of hydrogen-bond donors (Lipinski definition) is 0. The van der Waals surface area contributed by atoms with Crippen LogP contribution in [0.5, 0.6) is 0 Å². The molecule has 0 saturated carbocycles. The first-order valence-electron chi connectivity index (χ1n) is 4.40. The SMILES string of the molecule is CCCC[Se+](C)CCCC.[I-]. The molecular weight excluding hydrogens is 314 g/mol. The molecule has 0 aliphatic carbocycles. The molecule has 0 heterocycles. The maximum atomic E-state index is 2.51. The van der Waals surface area contributed by atoms with E-state index in [9.17, 15) is 0 Å². The summed E-state index contributed by atoms with van der Waals surface area (Å²) in [7, 11) is 0. The van der Waals surface area contributed by atoms with Gasteiger partial charge in [-0.25, -0.2) is 0 Å². The van der Waals surface area contributed by atoms with Crippen LogP contribution in [0.4, 0.5) is 0 Å². The van der Waals surface area contributed by atoms with Gasteiger partial charge < -0.3 is 24.0 Å². The Balaban J connectivity index is 0. The molecule has 0 N–H and O–H groups in total. The minimum Gasteiger partial charge on any atom is -1.00 e. The normalized spacial score (nSPS) is 9.82. The van der Waals surface area contributed by atoms with E-state index in [-0.39, 0.29) is 37.9 Å². The zero-order valence-corrected chi connectivity index (χ0v) is 11.9. The fraction of sp³-hybridized carbons (Fsp3) is 1.00. The Hall–Kier alpha value is 1.25. The Morgan fingerprint density at radius 3 is 1.55 bits per heavy atom. The van der Waals surface area contributed by atoms with Crippen molar-refractivity contribution in [1.29, 1.82) is 0 Å². The first kappa shape index (κ1) is 14.8. The smallest absolute Gasteiger partial charge is 1.00 e. The van der Waals surface area contributed by atoms with Crippen molar-refractivity contribution in [3.63, 3.8) is 0 Å². The quantitative estimate of drug-likeness (QED) is 0.496. The number of rotatable bonds is 6. The molecule has 70 valence electrons. The van der Waals surface area contributed by atoms with Gasteiger partial charge in [0, 0.05) is 0 Å². The van der Waals surface area contributed by atoms with Crippen LogP contribution in [0.1, 0.15) is 39.5 Å². The molecule has 0 saturated heterocycles. The van der Waals surface area contributed by atoms with Gasteiger partial charge in [0.05, 0.1) is 0 Å². The Kier molecular flexibility index (Phi) is 15.1. The largest absolute Gasteiger partial charge is 1.00 e. The molecule has 0 aromatic carbocycles. The van der Waals surface area contributed by atoms with Gasteiger partial charge >= 0.3 is 69.9 Å². The molecule has 0 aliphatic rings. The van der Waals surface area contributed by atoms with Crippen LogP contribution in [-0.4, -0.2) is 13.9 Å². The maximum absolute atomic E-state index is 2.51. The second-order valence-electron chi connectivity index (χ2n) is 2.90. The molecule has 0 nitrogen and oxygen atoms in total. The minimum absolute atomic E-state index is 0. The van der Waals surface area contributed by atoms with E-state index in [0.29, 0.717) is 0 Å². The first-order chi connectivity index (χ1) is 4.81. The first-order valence-corrected chi connectivity index (χ1v) is 8.54. The molecule has 0 aromatic heterocycles. The molecule has 0 spiro atoms. The molecule has 0 unspecified atom stereocenters. The van der Waals surface area contributed by atoms with Crippen LogP contribution in [-0.2, 0) is 0 Å². The van der Waals surface area contributed by atoms with E-state index < -0.39 is 0 Å². The number of unbranched alkanes of at least 4 members (excludes halogenated alkanes) is 2. The third kappa shape index (κ3) is 11.2. The van der Waals surface area contributed by atoms with E-state index in [4.69, 9.17) is 0 Å². The topological polar surface area (TPSA) is 0 Å². The fourth-order valence-electron chi connectivity index (χ4n) is 0.884. The maximum Gasteiger partial charge on any atom is -1.00 e. The second-order valence-corrected chi connectivity index (χ2v) is 7.89. The zero-order chi connectivity index (χ0) is 7.82. The molecule has 0 fully saturated rings. The third-order valence-electron chi connectivity index (χ3n) is 1.69. The molecule has 0 amide bonds. The molecule has 0 aliphatic heterocycles. The third-order valence-corrected chi connectivity index (χ3v) is 5.83. The van der Waals surface area contributed by atoms with Gasteiger partial charge in [-0.2, -0.15) is 0 Å². The van der Waals surface area contributed by atoms with Crippen LogP contribution >= 0.6 is 0 Å². The molecule has 0 bridgehead atoms. The van der Waals surface area contributed by atoms with Gasteiger partial charge in [0.15, 0.2) is 0 Å². The van der Waals surface area contributed by atoms with Crippen LogP contribution in [0, 0.1) is 0 Å². The molecule has 2 heteroatoms. The summed E-state index contributed by atoms with van der Waals surface area (Å²) in [6.45, 7) is 4.58. The molecule has 0 rings (SSSR count). The Morgan fingerprint density at radius 1 is 0.909 bits per heavy atom. The summed E-state index contributed by atoms with van der Waals surface area (Å²) in [5.41, 5.74) is 0. The summed E-state index contributed by atoms with van der Waals surface area (Å²) in [6.07, 6.45) is 5.73. The van der Waals surface area contributed by atoms with Crippen molar-refractivity contribution in [3.8, 4) is 0 Å². The van der Waals surface area contributed by atoms with E-state index in [1.54, 1.807) is 10.6 Å². The fourth-order valence-corrected chi connectivity index (χ4v) is 4.59. The molecule has 0 atom stereocenters. The van der Waals surface area contributed by atoms with E-state index >= 15 is 0 Å². The Morgan fingerprint density at radius 2 is 1.27 bits per heavy atom. The van der Waals surface area contributed by atoms with Crippen molar-refractivity contribution in [3.05, 3.63) is 0 Å². The average Bonchev–Trinajstić information content (AvgIpc) is 1.97. The monoisotopic (exact) mass is 336 g/mol. The van der Waals surface area contributed by atoms with E-state index in [2.05, 4.69) is 19.7 Å². The van der Waals surface area contributed by atoms with Gasteiger partial charge in [-0.15, -0.1) is 0 Å². The summed E-state index contributed by atoms with van der Waals surface area (Å²) in [5, 5.41) is 3.13. The standard InChI is InChI=1S/C9H21Se.HI/c1-4-6-8-10(3)9-7-5-2;/h4-9H2,1-3H3;1H/q+1;/p-1. The predicted molar refractivity (Wildman–Crippen MR) is 51.0 cm³/mol. The van der Waals surface area contributed by atoms with Gasteiger partial charge in [0.1, 0.15) is 0 Å². The number of hydrogen-bond acceptors (Lipinski definition) is 0. The van der Waals surface area contributed by atoms with Crippen LogP contribution in [0.3, 0.4) is 0 Å². The minimum atomic E-state index is -0.116. The summed E-state index contributed by atoms with van der Waals surface area (Å²) in [6, 6.07) is 0. The summed E-state index contributed by atoms with van der Waals surface area (Å²) in [4.78, 5) is 0. The van der Waals surface area contributed by atoms with Crippen LogP contribution in [0.2, 0.25) is 16.5 Å². The predicted octanol–water partition coefficient (Wildman–Crippen LogP) is 0.715. The van der Waals surface area contributed by atoms with Crippen molar-refractivity contribution in [1.82, 2.24) is 0 Å². The summed E-state index contributed by atoms with van der Waals surface area (Å²) in [5.74, 6) is 2.51. The van der Waals surface area contributed by atoms with Crippen molar-refractivity contribution < 1.29 is 24.0 Å². The van der Waals surface area contributed by atoms with Crippen molar-refractivity contribution in [2.24, 2.45) is 0 Å². The molecule has 0 aromatic rings. The van der Waals surface area contributed by atoms with E-state index in [1.165, 1.54) is 25.7 Å². The Labute approximate surface area is 93.4 Å². The van der Waals surface area contributed by atoms with Gasteiger partial charge in [-0.3, -0.25) is 0 Å². The van der Waals surface area contributed by atoms with Crippen molar-refractivity contribution in [2.45, 2.75) is 56.0 Å². The number of halogens is 1.